The minimum atomic E-state index is -0.837. The Balaban J connectivity index is 1.87. The topological polar surface area (TPSA) is 76.6 Å². The van der Waals surface area contributed by atoms with E-state index in [0.717, 1.165) is 11.5 Å². The van der Waals surface area contributed by atoms with Gasteiger partial charge in [-0.2, -0.15) is 4.37 Å². The summed E-state index contributed by atoms with van der Waals surface area (Å²) in [6, 6.07) is 7.73. The summed E-state index contributed by atoms with van der Waals surface area (Å²) in [5, 5.41) is 2.06. The molecule has 1 aliphatic rings. The second-order valence-corrected chi connectivity index (χ2v) is 4.38. The maximum absolute atomic E-state index is 11.9. The van der Waals surface area contributed by atoms with Crippen molar-refractivity contribution in [3.63, 3.8) is 0 Å². The van der Waals surface area contributed by atoms with E-state index in [-0.39, 0.29) is 16.8 Å². The Bertz CT molecular complexity index is 646. The van der Waals surface area contributed by atoms with Gasteiger partial charge in [0, 0.05) is 5.38 Å². The lowest BCUT2D eigenvalue weighted by molar-refractivity contribution is -0.0587. The van der Waals surface area contributed by atoms with Gasteiger partial charge in [0.25, 0.3) is 11.8 Å². The number of nitrogens with zero attached hydrogens (tertiary/aromatic N) is 2. The second-order valence-electron chi connectivity index (χ2n) is 3.71. The molecule has 2 heterocycles. The van der Waals surface area contributed by atoms with Gasteiger partial charge in [-0.15, -0.1) is 0 Å². The molecule has 0 fully saturated rings. The molecule has 2 aromatic rings. The first-order valence-electron chi connectivity index (χ1n) is 5.29. The molecule has 2 amide bonds. The number of aromatic nitrogens is 1. The lowest BCUT2D eigenvalue weighted by Crippen LogP contribution is -2.32. The summed E-state index contributed by atoms with van der Waals surface area (Å²) in [5.41, 5.74) is 0.499. The molecule has 0 atom stereocenters. The Morgan fingerprint density at radius 2 is 1.74 bits per heavy atom. The van der Waals surface area contributed by atoms with Gasteiger partial charge in [-0.1, -0.05) is 17.2 Å². The third-order valence-corrected chi connectivity index (χ3v) is 3.14. The predicted molar refractivity (Wildman–Crippen MR) is 64.5 cm³/mol. The van der Waals surface area contributed by atoms with E-state index in [4.69, 9.17) is 4.84 Å². The Labute approximate surface area is 111 Å². The standard InChI is InChI=1S/C12H6N2O4S/c15-10-7-3-1-2-4-8(7)11(16)14(10)18-12(17)9-5-6-19-13-9/h1-6H. The maximum atomic E-state index is 11.9. The van der Waals surface area contributed by atoms with Crippen molar-refractivity contribution >= 4 is 29.3 Å². The van der Waals surface area contributed by atoms with E-state index in [9.17, 15) is 14.4 Å². The molecule has 0 saturated carbocycles. The highest BCUT2D eigenvalue weighted by Gasteiger charge is 2.38. The summed E-state index contributed by atoms with van der Waals surface area (Å²) >= 11 is 1.08. The van der Waals surface area contributed by atoms with Crippen LogP contribution in [-0.4, -0.2) is 27.2 Å². The van der Waals surface area contributed by atoms with E-state index in [1.807, 2.05) is 0 Å². The molecule has 0 aliphatic carbocycles. The Hall–Kier alpha value is -2.54. The van der Waals surface area contributed by atoms with Crippen molar-refractivity contribution in [1.29, 1.82) is 0 Å². The summed E-state index contributed by atoms with van der Waals surface area (Å²) in [7, 11) is 0. The smallest absolute Gasteiger partial charge is 0.322 e. The number of amides is 2. The largest absolute Gasteiger partial charge is 0.383 e. The van der Waals surface area contributed by atoms with Crippen LogP contribution in [0.4, 0.5) is 0 Å². The minimum absolute atomic E-state index is 0.0570. The van der Waals surface area contributed by atoms with Gasteiger partial charge in [0.05, 0.1) is 11.1 Å². The number of carbonyl (C=O) groups is 3. The summed E-state index contributed by atoms with van der Waals surface area (Å²) in [6.07, 6.45) is 0. The van der Waals surface area contributed by atoms with Gasteiger partial charge >= 0.3 is 5.97 Å². The van der Waals surface area contributed by atoms with Gasteiger partial charge in [0.2, 0.25) is 0 Å². The molecule has 0 N–H and O–H groups in total. The number of benzene rings is 1. The molecule has 1 aromatic heterocycles. The normalized spacial score (nSPS) is 13.6. The van der Waals surface area contributed by atoms with Crippen LogP contribution >= 0.6 is 11.5 Å². The molecule has 0 unspecified atom stereocenters. The maximum Gasteiger partial charge on any atom is 0.383 e. The zero-order valence-corrected chi connectivity index (χ0v) is 10.2. The van der Waals surface area contributed by atoms with Crippen molar-refractivity contribution in [3.05, 3.63) is 52.5 Å². The first-order chi connectivity index (χ1) is 9.18. The number of hydroxylamine groups is 2. The van der Waals surface area contributed by atoms with Crippen LogP contribution in [0.25, 0.3) is 0 Å². The van der Waals surface area contributed by atoms with Crippen LogP contribution in [0, 0.1) is 0 Å². The average Bonchev–Trinajstić information content (AvgIpc) is 3.03. The fraction of sp³-hybridized carbons (Fsp3) is 0. The van der Waals surface area contributed by atoms with Gasteiger partial charge < -0.3 is 4.84 Å². The van der Waals surface area contributed by atoms with Gasteiger partial charge in [-0.05, 0) is 29.7 Å². The summed E-state index contributed by atoms with van der Waals surface area (Å²) < 4.78 is 3.78. The molecule has 3 rings (SSSR count). The predicted octanol–water partition coefficient (Wildman–Crippen LogP) is 1.51. The number of carbonyl (C=O) groups excluding carboxylic acids is 3. The van der Waals surface area contributed by atoms with E-state index < -0.39 is 17.8 Å². The number of imide groups is 1. The van der Waals surface area contributed by atoms with E-state index in [0.29, 0.717) is 5.06 Å². The van der Waals surface area contributed by atoms with Crippen LogP contribution < -0.4 is 0 Å². The van der Waals surface area contributed by atoms with Crippen molar-refractivity contribution in [2.24, 2.45) is 0 Å². The number of hydrogen-bond donors (Lipinski definition) is 0. The van der Waals surface area contributed by atoms with Crippen LogP contribution in [0.15, 0.2) is 35.7 Å². The Morgan fingerprint density at radius 3 is 2.26 bits per heavy atom. The van der Waals surface area contributed by atoms with Crippen molar-refractivity contribution in [2.75, 3.05) is 0 Å². The first-order valence-corrected chi connectivity index (χ1v) is 6.12. The third-order valence-electron chi connectivity index (χ3n) is 2.58. The number of rotatable bonds is 2. The van der Waals surface area contributed by atoms with Crippen LogP contribution in [0.2, 0.25) is 0 Å². The highest BCUT2D eigenvalue weighted by atomic mass is 32.1. The fourth-order valence-electron chi connectivity index (χ4n) is 1.70. The Morgan fingerprint density at radius 1 is 1.11 bits per heavy atom. The Kier molecular flexibility index (Phi) is 2.60. The van der Waals surface area contributed by atoms with Crippen molar-refractivity contribution in [2.45, 2.75) is 0 Å². The SMILES string of the molecule is O=C(ON1C(=O)c2ccccc2C1=O)c1ccsn1. The zero-order chi connectivity index (χ0) is 13.4. The number of hydrogen-bond acceptors (Lipinski definition) is 6. The van der Waals surface area contributed by atoms with Gasteiger partial charge in [-0.25, -0.2) is 4.79 Å². The van der Waals surface area contributed by atoms with Crippen LogP contribution in [-0.2, 0) is 4.84 Å². The van der Waals surface area contributed by atoms with E-state index in [2.05, 4.69) is 4.37 Å². The zero-order valence-electron chi connectivity index (χ0n) is 9.40. The van der Waals surface area contributed by atoms with Gasteiger partial charge in [0.15, 0.2) is 5.69 Å². The summed E-state index contributed by atoms with van der Waals surface area (Å²) in [6.45, 7) is 0. The van der Waals surface area contributed by atoms with E-state index in [1.165, 1.54) is 18.2 Å². The lowest BCUT2D eigenvalue weighted by Gasteiger charge is -2.11. The molecule has 0 bridgehead atoms. The van der Waals surface area contributed by atoms with E-state index in [1.54, 1.807) is 17.5 Å². The molecule has 19 heavy (non-hydrogen) atoms. The minimum Gasteiger partial charge on any atom is -0.322 e. The highest BCUT2D eigenvalue weighted by Crippen LogP contribution is 2.23. The van der Waals surface area contributed by atoms with Crippen molar-refractivity contribution in [3.8, 4) is 0 Å². The van der Waals surface area contributed by atoms with Crippen LogP contribution in [0.1, 0.15) is 31.2 Å². The van der Waals surface area contributed by atoms with E-state index >= 15 is 0 Å². The molecule has 94 valence electrons. The molecule has 6 nitrogen and oxygen atoms in total. The molecule has 7 heteroatoms. The molecule has 1 aliphatic heterocycles. The fourth-order valence-corrected chi connectivity index (χ4v) is 2.20. The van der Waals surface area contributed by atoms with Crippen molar-refractivity contribution < 1.29 is 19.2 Å². The summed E-state index contributed by atoms with van der Waals surface area (Å²) in [5.74, 6) is -2.14. The molecule has 0 spiro atoms. The van der Waals surface area contributed by atoms with Gasteiger partial charge in [-0.3, -0.25) is 9.59 Å². The monoisotopic (exact) mass is 274 g/mol. The average molecular weight is 274 g/mol. The van der Waals surface area contributed by atoms with Crippen LogP contribution in [0.5, 0.6) is 0 Å². The molecular weight excluding hydrogens is 268 g/mol. The van der Waals surface area contributed by atoms with Gasteiger partial charge in [0.1, 0.15) is 0 Å². The first kappa shape index (κ1) is 11.5. The molecule has 0 radical (unpaired) electrons. The second kappa shape index (κ2) is 4.29. The molecular formula is C12H6N2O4S. The lowest BCUT2D eigenvalue weighted by atomic mass is 10.1. The quantitative estimate of drug-likeness (QED) is 0.776. The van der Waals surface area contributed by atoms with Crippen LogP contribution in [0.3, 0.4) is 0 Å². The third kappa shape index (κ3) is 1.80. The number of fused-ring (bicyclic) bond motifs is 1. The summed E-state index contributed by atoms with van der Waals surface area (Å²) in [4.78, 5) is 40.3. The molecule has 1 aromatic carbocycles. The highest BCUT2D eigenvalue weighted by molar-refractivity contribution is 7.03. The molecule has 0 saturated heterocycles. The van der Waals surface area contributed by atoms with Crippen molar-refractivity contribution in [1.82, 2.24) is 9.44 Å².